The number of halogens is 4. The standard InChI is InChI=1S/C11H11ClF3N/c12-10-2-1-6(8-3-7(8)5-16)4-9(10)11(13,14)15/h1-2,4,7-8H,3,5,16H2/t7-,8+/m1/s1. The number of nitrogens with two attached hydrogens (primary N) is 1. The van der Waals surface area contributed by atoms with Crippen molar-refractivity contribution in [2.24, 2.45) is 11.7 Å². The summed E-state index contributed by atoms with van der Waals surface area (Å²) in [4.78, 5) is 0. The molecule has 1 fully saturated rings. The largest absolute Gasteiger partial charge is 0.417 e. The molecule has 1 aliphatic rings. The van der Waals surface area contributed by atoms with Crippen LogP contribution in [0.2, 0.25) is 5.02 Å². The molecule has 0 spiro atoms. The van der Waals surface area contributed by atoms with Crippen molar-refractivity contribution in [1.82, 2.24) is 0 Å². The fourth-order valence-corrected chi connectivity index (χ4v) is 2.13. The van der Waals surface area contributed by atoms with Gasteiger partial charge in [-0.2, -0.15) is 13.2 Å². The van der Waals surface area contributed by atoms with Crippen LogP contribution in [0.3, 0.4) is 0 Å². The summed E-state index contributed by atoms with van der Waals surface area (Å²) in [5, 5.41) is -0.249. The third kappa shape index (κ3) is 2.18. The average molecular weight is 250 g/mol. The Hall–Kier alpha value is -0.740. The summed E-state index contributed by atoms with van der Waals surface area (Å²) in [6.07, 6.45) is -3.52. The minimum absolute atomic E-state index is 0.170. The number of hydrogen-bond donors (Lipinski definition) is 1. The maximum absolute atomic E-state index is 12.6. The van der Waals surface area contributed by atoms with Crippen LogP contribution >= 0.6 is 11.6 Å². The quantitative estimate of drug-likeness (QED) is 0.854. The SMILES string of the molecule is NC[C@H]1C[C@H]1c1ccc(Cl)c(C(F)(F)F)c1. The van der Waals surface area contributed by atoms with Gasteiger partial charge in [0.1, 0.15) is 0 Å². The van der Waals surface area contributed by atoms with Crippen LogP contribution in [0.15, 0.2) is 18.2 Å². The zero-order chi connectivity index (χ0) is 11.9. The summed E-state index contributed by atoms with van der Waals surface area (Å²) < 4.78 is 37.7. The Morgan fingerprint density at radius 3 is 2.56 bits per heavy atom. The van der Waals surface area contributed by atoms with E-state index in [0.29, 0.717) is 18.0 Å². The molecule has 88 valence electrons. The van der Waals surface area contributed by atoms with Gasteiger partial charge in [-0.1, -0.05) is 17.7 Å². The van der Waals surface area contributed by atoms with Crippen molar-refractivity contribution < 1.29 is 13.2 Å². The van der Waals surface area contributed by atoms with Gasteiger partial charge in [0.05, 0.1) is 10.6 Å². The molecule has 1 aromatic carbocycles. The van der Waals surface area contributed by atoms with Gasteiger partial charge >= 0.3 is 6.18 Å². The van der Waals surface area contributed by atoms with Gasteiger partial charge in [-0.3, -0.25) is 0 Å². The molecular weight excluding hydrogens is 239 g/mol. The predicted molar refractivity (Wildman–Crippen MR) is 56.4 cm³/mol. The Kier molecular flexibility index (Phi) is 2.88. The van der Waals surface area contributed by atoms with Crippen LogP contribution < -0.4 is 5.73 Å². The minimum atomic E-state index is -4.39. The molecule has 0 aliphatic heterocycles. The number of rotatable bonds is 2. The molecule has 1 aromatic rings. The van der Waals surface area contributed by atoms with Crippen molar-refractivity contribution >= 4 is 11.6 Å². The van der Waals surface area contributed by atoms with E-state index in [1.165, 1.54) is 6.07 Å². The highest BCUT2D eigenvalue weighted by molar-refractivity contribution is 6.31. The Morgan fingerprint density at radius 2 is 2.06 bits per heavy atom. The molecule has 1 saturated carbocycles. The Bertz CT molecular complexity index is 403. The average Bonchev–Trinajstić information content (AvgIpc) is 2.96. The first-order valence-corrected chi connectivity index (χ1v) is 5.38. The molecule has 0 unspecified atom stereocenters. The molecule has 0 heterocycles. The minimum Gasteiger partial charge on any atom is -0.330 e. The third-order valence-corrected chi connectivity index (χ3v) is 3.28. The lowest BCUT2D eigenvalue weighted by Crippen LogP contribution is -2.07. The van der Waals surface area contributed by atoms with E-state index in [2.05, 4.69) is 0 Å². The monoisotopic (exact) mass is 249 g/mol. The zero-order valence-corrected chi connectivity index (χ0v) is 9.15. The van der Waals surface area contributed by atoms with Crippen molar-refractivity contribution in [1.29, 1.82) is 0 Å². The summed E-state index contributed by atoms with van der Waals surface area (Å²) in [7, 11) is 0. The van der Waals surface area contributed by atoms with E-state index in [4.69, 9.17) is 17.3 Å². The van der Waals surface area contributed by atoms with Gasteiger partial charge in [-0.05, 0) is 42.5 Å². The molecule has 5 heteroatoms. The fourth-order valence-electron chi connectivity index (χ4n) is 1.91. The van der Waals surface area contributed by atoms with E-state index in [-0.39, 0.29) is 10.9 Å². The van der Waals surface area contributed by atoms with Gasteiger partial charge in [0.2, 0.25) is 0 Å². The first kappa shape index (κ1) is 11.7. The Labute approximate surface area is 96.4 Å². The van der Waals surface area contributed by atoms with Gasteiger partial charge in [0, 0.05) is 0 Å². The van der Waals surface area contributed by atoms with E-state index >= 15 is 0 Å². The molecule has 0 aromatic heterocycles. The molecule has 0 radical (unpaired) electrons. The van der Waals surface area contributed by atoms with Gasteiger partial charge in [0.15, 0.2) is 0 Å². The number of benzene rings is 1. The summed E-state index contributed by atoms with van der Waals surface area (Å²) >= 11 is 5.53. The third-order valence-electron chi connectivity index (χ3n) is 2.95. The number of alkyl halides is 3. The lowest BCUT2D eigenvalue weighted by Gasteiger charge is -2.10. The van der Waals surface area contributed by atoms with E-state index in [9.17, 15) is 13.2 Å². The highest BCUT2D eigenvalue weighted by Gasteiger charge is 2.39. The molecule has 0 amide bonds. The van der Waals surface area contributed by atoms with Crippen LogP contribution in [-0.4, -0.2) is 6.54 Å². The highest BCUT2D eigenvalue weighted by atomic mass is 35.5. The van der Waals surface area contributed by atoms with Crippen LogP contribution in [0.5, 0.6) is 0 Å². The van der Waals surface area contributed by atoms with Crippen molar-refractivity contribution in [2.45, 2.75) is 18.5 Å². The Balaban J connectivity index is 2.30. The van der Waals surface area contributed by atoms with E-state index in [1.54, 1.807) is 6.07 Å². The normalized spacial score (nSPS) is 24.6. The van der Waals surface area contributed by atoms with Gasteiger partial charge < -0.3 is 5.73 Å². The first-order valence-electron chi connectivity index (χ1n) is 5.00. The molecule has 0 bridgehead atoms. The maximum Gasteiger partial charge on any atom is 0.417 e. The van der Waals surface area contributed by atoms with Crippen LogP contribution in [0.25, 0.3) is 0 Å². The molecule has 1 aliphatic carbocycles. The molecule has 0 saturated heterocycles. The van der Waals surface area contributed by atoms with E-state index in [0.717, 1.165) is 12.5 Å². The smallest absolute Gasteiger partial charge is 0.330 e. The molecule has 2 atom stereocenters. The fraction of sp³-hybridized carbons (Fsp3) is 0.455. The molecular formula is C11H11ClF3N. The van der Waals surface area contributed by atoms with Crippen molar-refractivity contribution in [3.05, 3.63) is 34.3 Å². The maximum atomic E-state index is 12.6. The van der Waals surface area contributed by atoms with Gasteiger partial charge in [-0.15, -0.1) is 0 Å². The van der Waals surface area contributed by atoms with E-state index < -0.39 is 11.7 Å². The molecule has 2 N–H and O–H groups in total. The zero-order valence-electron chi connectivity index (χ0n) is 8.39. The Morgan fingerprint density at radius 1 is 1.38 bits per heavy atom. The second kappa shape index (κ2) is 3.93. The lowest BCUT2D eigenvalue weighted by molar-refractivity contribution is -0.137. The van der Waals surface area contributed by atoms with Crippen LogP contribution in [0, 0.1) is 5.92 Å². The lowest BCUT2D eigenvalue weighted by atomic mass is 10.1. The predicted octanol–water partition coefficient (Wildman–Crippen LogP) is 3.42. The van der Waals surface area contributed by atoms with Crippen LogP contribution in [0.1, 0.15) is 23.5 Å². The summed E-state index contributed by atoms with van der Waals surface area (Å²) in [5.41, 5.74) is 5.40. The molecule has 16 heavy (non-hydrogen) atoms. The van der Waals surface area contributed by atoms with E-state index in [1.807, 2.05) is 0 Å². The van der Waals surface area contributed by atoms with Crippen LogP contribution in [-0.2, 0) is 6.18 Å². The second-order valence-electron chi connectivity index (χ2n) is 4.08. The summed E-state index contributed by atoms with van der Waals surface area (Å²) in [5.74, 6) is 0.491. The second-order valence-corrected chi connectivity index (χ2v) is 4.48. The number of hydrogen-bond acceptors (Lipinski definition) is 1. The van der Waals surface area contributed by atoms with Crippen LogP contribution in [0.4, 0.5) is 13.2 Å². The first-order chi connectivity index (χ1) is 7.43. The van der Waals surface area contributed by atoms with Crippen molar-refractivity contribution in [3.63, 3.8) is 0 Å². The molecule has 1 nitrogen and oxygen atoms in total. The van der Waals surface area contributed by atoms with Gasteiger partial charge in [-0.25, -0.2) is 0 Å². The molecule has 2 rings (SSSR count). The summed E-state index contributed by atoms with van der Waals surface area (Å²) in [6.45, 7) is 0.522. The van der Waals surface area contributed by atoms with Crippen molar-refractivity contribution in [2.75, 3.05) is 6.54 Å². The summed E-state index contributed by atoms with van der Waals surface area (Å²) in [6, 6.07) is 4.10. The topological polar surface area (TPSA) is 26.0 Å². The highest BCUT2D eigenvalue weighted by Crippen LogP contribution is 2.48. The van der Waals surface area contributed by atoms with Gasteiger partial charge in [0.25, 0.3) is 0 Å². The van der Waals surface area contributed by atoms with Crippen molar-refractivity contribution in [3.8, 4) is 0 Å².